The largest absolute Gasteiger partial charge is 0.490 e. The highest BCUT2D eigenvalue weighted by molar-refractivity contribution is 5.73. The van der Waals surface area contributed by atoms with E-state index in [0.717, 1.165) is 6.29 Å². The SMILES string of the molecule is CC(C)(N)CC=O.O=C(O)C(F)(F)F. The van der Waals surface area contributed by atoms with E-state index >= 15 is 0 Å². The van der Waals surface area contributed by atoms with E-state index in [0.29, 0.717) is 6.42 Å². The number of carboxylic acids is 1. The summed E-state index contributed by atoms with van der Waals surface area (Å²) in [5, 5.41) is 7.12. The molecule has 0 fully saturated rings. The number of carboxylic acid groups (broad SMARTS) is 1. The molecule has 0 amide bonds. The van der Waals surface area contributed by atoms with Crippen LogP contribution in [0.3, 0.4) is 0 Å². The van der Waals surface area contributed by atoms with Crippen molar-refractivity contribution in [2.75, 3.05) is 0 Å². The molecule has 3 N–H and O–H groups in total. The van der Waals surface area contributed by atoms with Gasteiger partial charge in [-0.2, -0.15) is 13.2 Å². The van der Waals surface area contributed by atoms with Crippen molar-refractivity contribution in [3.05, 3.63) is 0 Å². The lowest BCUT2D eigenvalue weighted by atomic mass is 10.0. The second kappa shape index (κ2) is 5.58. The predicted octanol–water partition coefficient (Wildman–Crippen LogP) is 0.946. The van der Waals surface area contributed by atoms with Gasteiger partial charge in [0, 0.05) is 12.0 Å². The standard InChI is InChI=1S/C5H11NO.C2HF3O2/c1-5(2,6)3-4-7;3-2(4,5)1(6)7/h4H,3,6H2,1-2H3;(H,6,7). The highest BCUT2D eigenvalue weighted by atomic mass is 19.4. The van der Waals surface area contributed by atoms with Crippen LogP contribution < -0.4 is 5.73 Å². The molecule has 84 valence electrons. The zero-order valence-electron chi connectivity index (χ0n) is 7.76. The van der Waals surface area contributed by atoms with Crippen LogP contribution in [0.5, 0.6) is 0 Å². The van der Waals surface area contributed by atoms with Crippen LogP contribution in [-0.2, 0) is 9.59 Å². The first-order valence-corrected chi connectivity index (χ1v) is 3.53. The fourth-order valence-electron chi connectivity index (χ4n) is 0.215. The molecule has 4 nitrogen and oxygen atoms in total. The summed E-state index contributed by atoms with van der Waals surface area (Å²) in [6.45, 7) is 3.64. The molecule has 0 aliphatic heterocycles. The summed E-state index contributed by atoms with van der Waals surface area (Å²) in [6, 6.07) is 0. The molecule has 0 aromatic rings. The van der Waals surface area contributed by atoms with Gasteiger partial charge >= 0.3 is 12.1 Å². The number of carbonyl (C=O) groups excluding carboxylic acids is 1. The molecule has 0 aliphatic carbocycles. The average molecular weight is 215 g/mol. The van der Waals surface area contributed by atoms with E-state index in [-0.39, 0.29) is 5.54 Å². The van der Waals surface area contributed by atoms with E-state index in [9.17, 15) is 18.0 Å². The number of carbonyl (C=O) groups is 2. The zero-order valence-corrected chi connectivity index (χ0v) is 7.76. The highest BCUT2D eigenvalue weighted by Crippen LogP contribution is 2.13. The van der Waals surface area contributed by atoms with Crippen LogP contribution in [-0.4, -0.2) is 29.1 Å². The lowest BCUT2D eigenvalue weighted by Gasteiger charge is -2.12. The first-order valence-electron chi connectivity index (χ1n) is 3.53. The molecule has 0 saturated heterocycles. The van der Waals surface area contributed by atoms with Crippen LogP contribution >= 0.6 is 0 Å². The minimum atomic E-state index is -5.08. The molecule has 0 aliphatic rings. The highest BCUT2D eigenvalue weighted by Gasteiger charge is 2.38. The van der Waals surface area contributed by atoms with E-state index in [2.05, 4.69) is 0 Å². The van der Waals surface area contributed by atoms with E-state index in [4.69, 9.17) is 15.6 Å². The van der Waals surface area contributed by atoms with Crippen molar-refractivity contribution in [3.63, 3.8) is 0 Å². The number of hydrogen-bond donors (Lipinski definition) is 2. The maximum absolute atomic E-state index is 10.6. The molecule has 0 rings (SSSR count). The van der Waals surface area contributed by atoms with Crippen LogP contribution in [0.15, 0.2) is 0 Å². The molecule has 0 saturated carbocycles. The number of nitrogens with two attached hydrogens (primary N) is 1. The molecule has 14 heavy (non-hydrogen) atoms. The summed E-state index contributed by atoms with van der Waals surface area (Å²) < 4.78 is 31.7. The number of rotatable bonds is 2. The second-order valence-corrected chi connectivity index (χ2v) is 3.16. The molecule has 0 bridgehead atoms. The fraction of sp³-hybridized carbons (Fsp3) is 0.714. The van der Waals surface area contributed by atoms with Gasteiger partial charge in [-0.25, -0.2) is 4.79 Å². The third-order valence-corrected chi connectivity index (χ3v) is 0.852. The number of alkyl halides is 3. The topological polar surface area (TPSA) is 80.4 Å². The third kappa shape index (κ3) is 13.5. The van der Waals surface area contributed by atoms with Gasteiger partial charge in [-0.1, -0.05) is 0 Å². The molecule has 0 heterocycles. The predicted molar refractivity (Wildman–Crippen MR) is 42.6 cm³/mol. The van der Waals surface area contributed by atoms with Gasteiger partial charge < -0.3 is 15.6 Å². The summed E-state index contributed by atoms with van der Waals surface area (Å²) >= 11 is 0. The monoisotopic (exact) mass is 215 g/mol. The van der Waals surface area contributed by atoms with Crippen LogP contribution in [0.4, 0.5) is 13.2 Å². The fourth-order valence-corrected chi connectivity index (χ4v) is 0.215. The van der Waals surface area contributed by atoms with Gasteiger partial charge in [0.25, 0.3) is 0 Å². The van der Waals surface area contributed by atoms with Crippen molar-refractivity contribution in [1.82, 2.24) is 0 Å². The quantitative estimate of drug-likeness (QED) is 0.672. The molecule has 0 atom stereocenters. The Morgan fingerprint density at radius 3 is 1.71 bits per heavy atom. The van der Waals surface area contributed by atoms with Crippen LogP contribution in [0.1, 0.15) is 20.3 Å². The van der Waals surface area contributed by atoms with Gasteiger partial charge in [-0.15, -0.1) is 0 Å². The van der Waals surface area contributed by atoms with Crippen LogP contribution in [0, 0.1) is 0 Å². The average Bonchev–Trinajstić information content (AvgIpc) is 1.82. The number of hydrogen-bond acceptors (Lipinski definition) is 3. The van der Waals surface area contributed by atoms with E-state index in [1.807, 2.05) is 13.8 Å². The molecule has 0 unspecified atom stereocenters. The smallest absolute Gasteiger partial charge is 0.475 e. The van der Waals surface area contributed by atoms with Crippen molar-refractivity contribution in [2.45, 2.75) is 32.0 Å². The van der Waals surface area contributed by atoms with E-state index in [1.54, 1.807) is 0 Å². The first kappa shape index (κ1) is 15.4. The molecule has 7 heteroatoms. The van der Waals surface area contributed by atoms with Crippen molar-refractivity contribution in [1.29, 1.82) is 0 Å². The Morgan fingerprint density at radius 2 is 1.71 bits per heavy atom. The van der Waals surface area contributed by atoms with Crippen LogP contribution in [0.25, 0.3) is 0 Å². The third-order valence-electron chi connectivity index (χ3n) is 0.852. The van der Waals surface area contributed by atoms with Crippen molar-refractivity contribution in [3.8, 4) is 0 Å². The summed E-state index contributed by atoms with van der Waals surface area (Å²) in [5.74, 6) is -2.76. The summed E-state index contributed by atoms with van der Waals surface area (Å²) in [7, 11) is 0. The molecule has 0 radical (unpaired) electrons. The lowest BCUT2D eigenvalue weighted by Crippen LogP contribution is -2.31. The molecular formula is C7H12F3NO3. The van der Waals surface area contributed by atoms with Crippen LogP contribution in [0.2, 0.25) is 0 Å². The Bertz CT molecular complexity index is 195. The Hall–Kier alpha value is -1.11. The maximum Gasteiger partial charge on any atom is 0.490 e. The Morgan fingerprint density at radius 1 is 1.43 bits per heavy atom. The summed E-state index contributed by atoms with van der Waals surface area (Å²) in [6.07, 6.45) is -3.81. The Labute approximate surface area is 78.9 Å². The van der Waals surface area contributed by atoms with Gasteiger partial charge in [0.05, 0.1) is 0 Å². The molecule has 0 aromatic carbocycles. The zero-order chi connectivity index (χ0) is 12.0. The van der Waals surface area contributed by atoms with E-state index < -0.39 is 12.1 Å². The van der Waals surface area contributed by atoms with Crippen molar-refractivity contribution < 1.29 is 27.9 Å². The van der Waals surface area contributed by atoms with Gasteiger partial charge in [0.1, 0.15) is 6.29 Å². The van der Waals surface area contributed by atoms with Crippen molar-refractivity contribution in [2.24, 2.45) is 5.73 Å². The van der Waals surface area contributed by atoms with Crippen molar-refractivity contribution >= 4 is 12.3 Å². The minimum Gasteiger partial charge on any atom is -0.475 e. The molecule has 0 aromatic heterocycles. The van der Waals surface area contributed by atoms with E-state index in [1.165, 1.54) is 0 Å². The summed E-state index contributed by atoms with van der Waals surface area (Å²) in [4.78, 5) is 18.6. The molecular weight excluding hydrogens is 203 g/mol. The lowest BCUT2D eigenvalue weighted by molar-refractivity contribution is -0.192. The van der Waals surface area contributed by atoms with Gasteiger partial charge in [-0.3, -0.25) is 0 Å². The van der Waals surface area contributed by atoms with Gasteiger partial charge in [0.2, 0.25) is 0 Å². The molecule has 0 spiro atoms. The first-order chi connectivity index (χ1) is 6.00. The normalized spacial score (nSPS) is 11.3. The number of aliphatic carboxylic acids is 1. The Kier molecular flexibility index (Phi) is 6.13. The number of halogens is 3. The second-order valence-electron chi connectivity index (χ2n) is 3.16. The summed E-state index contributed by atoms with van der Waals surface area (Å²) in [5.41, 5.74) is 5.10. The van der Waals surface area contributed by atoms with Gasteiger partial charge in [-0.05, 0) is 13.8 Å². The maximum atomic E-state index is 10.6. The minimum absolute atomic E-state index is 0.318. The van der Waals surface area contributed by atoms with Gasteiger partial charge in [0.15, 0.2) is 0 Å². The Balaban J connectivity index is 0. The number of aldehydes is 1.